The number of nitrogens with one attached hydrogen (secondary N) is 1. The van der Waals surface area contributed by atoms with Crippen LogP contribution in [0.2, 0.25) is 0 Å². The fraction of sp³-hybridized carbons (Fsp3) is 0.409. The van der Waals surface area contributed by atoms with E-state index >= 15 is 0 Å². The molecule has 1 aliphatic heterocycles. The number of amides is 1. The van der Waals surface area contributed by atoms with E-state index < -0.39 is 0 Å². The molecular formula is C22H28N2O2S. The van der Waals surface area contributed by atoms with Crippen LogP contribution in [0.3, 0.4) is 0 Å². The summed E-state index contributed by atoms with van der Waals surface area (Å²) in [6.07, 6.45) is 4.50. The molecule has 0 aliphatic carbocycles. The summed E-state index contributed by atoms with van der Waals surface area (Å²) in [6, 6.07) is 16.9. The maximum absolute atomic E-state index is 12.6. The average molecular weight is 385 g/mol. The number of carbonyl (C=O) groups is 1. The molecule has 1 heterocycles. The van der Waals surface area contributed by atoms with Gasteiger partial charge in [0.15, 0.2) is 0 Å². The maximum atomic E-state index is 12.6. The molecule has 0 radical (unpaired) electrons. The van der Waals surface area contributed by atoms with E-state index in [1.807, 2.05) is 29.2 Å². The second-order valence-electron chi connectivity index (χ2n) is 6.87. The second-order valence-corrected chi connectivity index (χ2v) is 7.75. The normalized spacial score (nSPS) is 15.0. The van der Waals surface area contributed by atoms with Gasteiger partial charge in [0.2, 0.25) is 5.91 Å². The summed E-state index contributed by atoms with van der Waals surface area (Å²) in [5.41, 5.74) is 2.27. The van der Waals surface area contributed by atoms with Crippen molar-refractivity contribution < 1.29 is 9.53 Å². The Morgan fingerprint density at radius 2 is 1.85 bits per heavy atom. The quantitative estimate of drug-likeness (QED) is 0.739. The third-order valence-electron chi connectivity index (χ3n) is 5.14. The molecule has 0 atom stereocenters. The van der Waals surface area contributed by atoms with Crippen LogP contribution in [0.5, 0.6) is 5.75 Å². The molecule has 1 fully saturated rings. The first-order chi connectivity index (χ1) is 13.2. The number of para-hydroxylation sites is 1. The highest BCUT2D eigenvalue weighted by Crippen LogP contribution is 2.20. The number of nitrogens with zero attached hydrogens (tertiary/aromatic N) is 1. The van der Waals surface area contributed by atoms with E-state index in [4.69, 9.17) is 4.74 Å². The zero-order valence-corrected chi connectivity index (χ0v) is 16.9. The highest BCUT2D eigenvalue weighted by molar-refractivity contribution is 7.98. The minimum atomic E-state index is 0.186. The Balaban J connectivity index is 1.44. The number of likely N-dealkylation sites (tertiary alicyclic amines) is 1. The van der Waals surface area contributed by atoms with Crippen LogP contribution in [0.4, 0.5) is 0 Å². The Labute approximate surface area is 166 Å². The molecule has 5 heteroatoms. The minimum Gasteiger partial charge on any atom is -0.496 e. The van der Waals surface area contributed by atoms with Gasteiger partial charge in [0.25, 0.3) is 0 Å². The predicted octanol–water partition coefficient (Wildman–Crippen LogP) is 3.74. The molecular weight excluding hydrogens is 356 g/mol. The van der Waals surface area contributed by atoms with Gasteiger partial charge in [0, 0.05) is 36.1 Å². The molecule has 3 rings (SSSR count). The van der Waals surface area contributed by atoms with E-state index in [0.29, 0.717) is 12.5 Å². The summed E-state index contributed by atoms with van der Waals surface area (Å²) in [4.78, 5) is 15.9. The molecule has 0 aromatic heterocycles. The van der Waals surface area contributed by atoms with Gasteiger partial charge in [-0.2, -0.15) is 0 Å². The van der Waals surface area contributed by atoms with E-state index in [-0.39, 0.29) is 5.91 Å². The van der Waals surface area contributed by atoms with Crippen LogP contribution in [0.15, 0.2) is 53.4 Å². The summed E-state index contributed by atoms with van der Waals surface area (Å²) < 4.78 is 5.36. The van der Waals surface area contributed by atoms with Gasteiger partial charge in [-0.05, 0) is 42.9 Å². The third-order valence-corrected chi connectivity index (χ3v) is 5.88. The zero-order valence-electron chi connectivity index (χ0n) is 16.1. The summed E-state index contributed by atoms with van der Waals surface area (Å²) in [7, 11) is 1.65. The van der Waals surface area contributed by atoms with Crippen LogP contribution in [-0.2, 0) is 17.8 Å². The first kappa shape index (κ1) is 19.8. The van der Waals surface area contributed by atoms with Crippen LogP contribution in [0, 0.1) is 0 Å². The van der Waals surface area contributed by atoms with Crippen molar-refractivity contribution in [2.24, 2.45) is 0 Å². The lowest BCUT2D eigenvalue weighted by atomic mass is 10.0. The molecule has 27 heavy (non-hydrogen) atoms. The molecule has 2 aromatic carbocycles. The van der Waals surface area contributed by atoms with Crippen LogP contribution in [-0.4, -0.2) is 43.3 Å². The largest absolute Gasteiger partial charge is 0.496 e. The van der Waals surface area contributed by atoms with Gasteiger partial charge >= 0.3 is 0 Å². The molecule has 0 saturated carbocycles. The van der Waals surface area contributed by atoms with Crippen LogP contribution in [0.1, 0.15) is 24.0 Å². The smallest absolute Gasteiger partial charge is 0.227 e. The fourth-order valence-electron chi connectivity index (χ4n) is 3.46. The molecule has 2 aromatic rings. The number of rotatable bonds is 7. The standard InChI is InChI=1S/C22H28N2O2S/c1-26-21-6-4-3-5-18(21)15-22(25)24-13-11-19(12-14-24)23-16-17-7-9-20(27-2)10-8-17/h3-10,19,23H,11-16H2,1-2H3. The predicted molar refractivity (Wildman–Crippen MR) is 111 cm³/mol. The van der Waals surface area contributed by atoms with Crippen LogP contribution < -0.4 is 10.1 Å². The lowest BCUT2D eigenvalue weighted by molar-refractivity contribution is -0.131. The second kappa shape index (κ2) is 9.81. The molecule has 144 valence electrons. The number of benzene rings is 2. The fourth-order valence-corrected chi connectivity index (χ4v) is 3.87. The van der Waals surface area contributed by atoms with Crippen molar-refractivity contribution in [2.45, 2.75) is 36.7 Å². The molecule has 4 nitrogen and oxygen atoms in total. The van der Waals surface area contributed by atoms with Crippen molar-refractivity contribution >= 4 is 17.7 Å². The summed E-state index contributed by atoms with van der Waals surface area (Å²) in [5.74, 6) is 0.973. The maximum Gasteiger partial charge on any atom is 0.227 e. The molecule has 1 aliphatic rings. The first-order valence-corrected chi connectivity index (χ1v) is 10.7. The molecule has 1 saturated heterocycles. The van der Waals surface area contributed by atoms with Gasteiger partial charge in [0.1, 0.15) is 5.75 Å². The van der Waals surface area contributed by atoms with Gasteiger partial charge in [0.05, 0.1) is 13.5 Å². The van der Waals surface area contributed by atoms with E-state index in [9.17, 15) is 4.79 Å². The van der Waals surface area contributed by atoms with Crippen LogP contribution in [0.25, 0.3) is 0 Å². The lowest BCUT2D eigenvalue weighted by Gasteiger charge is -2.32. The highest BCUT2D eigenvalue weighted by Gasteiger charge is 2.23. The van der Waals surface area contributed by atoms with Gasteiger partial charge in [-0.15, -0.1) is 11.8 Å². The zero-order chi connectivity index (χ0) is 19.1. The summed E-state index contributed by atoms with van der Waals surface area (Å²) >= 11 is 1.76. The molecule has 1 amide bonds. The molecule has 0 unspecified atom stereocenters. The van der Waals surface area contributed by atoms with Crippen molar-refractivity contribution in [3.63, 3.8) is 0 Å². The number of hydrogen-bond donors (Lipinski definition) is 1. The molecule has 0 bridgehead atoms. The molecule has 1 N–H and O–H groups in total. The van der Waals surface area contributed by atoms with E-state index in [2.05, 4.69) is 35.8 Å². The average Bonchev–Trinajstić information content (AvgIpc) is 2.73. The van der Waals surface area contributed by atoms with Crippen molar-refractivity contribution in [1.29, 1.82) is 0 Å². The number of thioether (sulfide) groups is 1. The van der Waals surface area contributed by atoms with Crippen molar-refractivity contribution in [3.8, 4) is 5.75 Å². The van der Waals surface area contributed by atoms with Crippen molar-refractivity contribution in [2.75, 3.05) is 26.5 Å². The van der Waals surface area contributed by atoms with Crippen molar-refractivity contribution in [1.82, 2.24) is 10.2 Å². The van der Waals surface area contributed by atoms with Crippen LogP contribution >= 0.6 is 11.8 Å². The monoisotopic (exact) mass is 384 g/mol. The Morgan fingerprint density at radius 3 is 2.52 bits per heavy atom. The van der Waals surface area contributed by atoms with E-state index in [0.717, 1.165) is 43.8 Å². The number of hydrogen-bond acceptors (Lipinski definition) is 4. The third kappa shape index (κ3) is 5.50. The minimum absolute atomic E-state index is 0.186. The molecule has 0 spiro atoms. The van der Waals surface area contributed by atoms with Gasteiger partial charge in [-0.3, -0.25) is 4.79 Å². The summed E-state index contributed by atoms with van der Waals surface area (Å²) in [5, 5.41) is 3.64. The lowest BCUT2D eigenvalue weighted by Crippen LogP contribution is -2.45. The highest BCUT2D eigenvalue weighted by atomic mass is 32.2. The van der Waals surface area contributed by atoms with E-state index in [1.54, 1.807) is 18.9 Å². The Kier molecular flexibility index (Phi) is 7.18. The number of piperidine rings is 1. The SMILES string of the molecule is COc1ccccc1CC(=O)N1CCC(NCc2ccc(SC)cc2)CC1. The Morgan fingerprint density at radius 1 is 1.15 bits per heavy atom. The van der Waals surface area contributed by atoms with Gasteiger partial charge in [-0.25, -0.2) is 0 Å². The van der Waals surface area contributed by atoms with E-state index in [1.165, 1.54) is 10.5 Å². The number of carbonyl (C=O) groups excluding carboxylic acids is 1. The Hall–Kier alpha value is -1.98. The Bertz CT molecular complexity index is 740. The first-order valence-electron chi connectivity index (χ1n) is 9.45. The number of methoxy groups -OCH3 is 1. The van der Waals surface area contributed by atoms with Gasteiger partial charge in [-0.1, -0.05) is 30.3 Å². The van der Waals surface area contributed by atoms with Gasteiger partial charge < -0.3 is 15.0 Å². The summed E-state index contributed by atoms with van der Waals surface area (Å²) in [6.45, 7) is 2.52. The number of ether oxygens (including phenoxy) is 1. The topological polar surface area (TPSA) is 41.6 Å². The van der Waals surface area contributed by atoms with Crippen molar-refractivity contribution in [3.05, 3.63) is 59.7 Å².